The van der Waals surface area contributed by atoms with Crippen LogP contribution in [0.3, 0.4) is 0 Å². The van der Waals surface area contributed by atoms with E-state index in [1.54, 1.807) is 0 Å². The van der Waals surface area contributed by atoms with Gasteiger partial charge in [-0.15, -0.1) is 0 Å². The van der Waals surface area contributed by atoms with Crippen molar-refractivity contribution >= 4 is 38.0 Å². The maximum absolute atomic E-state index is 11.4. The van der Waals surface area contributed by atoms with Crippen molar-refractivity contribution in [3.8, 4) is 5.75 Å². The molecule has 2 aromatic rings. The number of nitrogens with zero attached hydrogens (tertiary/aromatic N) is 1. The summed E-state index contributed by atoms with van der Waals surface area (Å²) < 4.78 is 11.5. The molecule has 1 amide bonds. The zero-order valence-corrected chi connectivity index (χ0v) is 20.1. The van der Waals surface area contributed by atoms with Crippen molar-refractivity contribution in [1.82, 2.24) is 4.90 Å². The number of likely N-dealkylation sites (tertiary alicyclic amines) is 1. The lowest BCUT2D eigenvalue weighted by Gasteiger charge is -2.43. The second-order valence-electron chi connectivity index (χ2n) is 7.47. The lowest BCUT2D eigenvalue weighted by Crippen LogP contribution is -2.54. The number of piperidine rings is 1. The number of hydrogen-bond acceptors (Lipinski definition) is 3. The highest BCUT2D eigenvalue weighted by atomic mass is 79.9. The van der Waals surface area contributed by atoms with Crippen LogP contribution in [-0.2, 0) is 11.3 Å². The van der Waals surface area contributed by atoms with E-state index in [9.17, 15) is 9.90 Å². The summed E-state index contributed by atoms with van der Waals surface area (Å²) in [7, 11) is 0. The highest BCUT2D eigenvalue weighted by molar-refractivity contribution is 9.10. The second-order valence-corrected chi connectivity index (χ2v) is 9.70. The second kappa shape index (κ2) is 11.2. The molecule has 1 aliphatic heterocycles. The molecule has 0 radical (unpaired) electrons. The van der Waals surface area contributed by atoms with Crippen molar-refractivity contribution in [3.63, 3.8) is 0 Å². The minimum Gasteiger partial charge on any atom is -0.494 e. The van der Waals surface area contributed by atoms with E-state index in [0.29, 0.717) is 26.4 Å². The third-order valence-corrected chi connectivity index (χ3v) is 7.57. The first-order valence-electron chi connectivity index (χ1n) is 10.1. The largest absolute Gasteiger partial charge is 0.494 e. The number of amides is 1. The molecule has 7 heteroatoms. The van der Waals surface area contributed by atoms with E-state index in [-0.39, 0.29) is 21.6 Å². The van der Waals surface area contributed by atoms with Crippen LogP contribution in [0.25, 0.3) is 0 Å². The summed E-state index contributed by atoms with van der Waals surface area (Å²) in [6, 6.07) is 18.1. The van der Waals surface area contributed by atoms with E-state index >= 15 is 0 Å². The van der Waals surface area contributed by atoms with Crippen LogP contribution in [0, 0.1) is 0 Å². The Bertz CT molecular complexity index is 803. The molecule has 5 nitrogen and oxygen atoms in total. The van der Waals surface area contributed by atoms with Gasteiger partial charge in [-0.3, -0.25) is 0 Å². The Morgan fingerprint density at radius 2 is 1.80 bits per heavy atom. The van der Waals surface area contributed by atoms with Crippen LogP contribution < -0.4 is 4.74 Å². The molecule has 0 aromatic heterocycles. The van der Waals surface area contributed by atoms with Crippen LogP contribution in [0.5, 0.6) is 5.75 Å². The molecule has 4 atom stereocenters. The zero-order valence-electron chi connectivity index (χ0n) is 16.9. The molecular formula is C23H27Br2NO4. The van der Waals surface area contributed by atoms with E-state index in [2.05, 4.69) is 56.1 Å². The average Bonchev–Trinajstić information content (AvgIpc) is 2.75. The van der Waals surface area contributed by atoms with E-state index in [4.69, 9.17) is 9.47 Å². The summed E-state index contributed by atoms with van der Waals surface area (Å²) in [5.41, 5.74) is 2.34. The van der Waals surface area contributed by atoms with Crippen LogP contribution in [0.4, 0.5) is 4.79 Å². The molecule has 162 valence electrons. The molecule has 1 heterocycles. The Morgan fingerprint density at radius 3 is 2.47 bits per heavy atom. The predicted octanol–water partition coefficient (Wildman–Crippen LogP) is 5.67. The van der Waals surface area contributed by atoms with Gasteiger partial charge in [0.1, 0.15) is 5.75 Å². The van der Waals surface area contributed by atoms with Crippen LogP contribution >= 0.6 is 31.9 Å². The molecule has 1 unspecified atom stereocenters. The maximum atomic E-state index is 11.4. The molecule has 0 spiro atoms. The number of alkyl halides is 2. The number of halogens is 2. The zero-order chi connectivity index (χ0) is 21.5. The number of carbonyl (C=O) groups is 1. The molecule has 0 aliphatic carbocycles. The molecule has 1 N–H and O–H groups in total. The van der Waals surface area contributed by atoms with E-state index in [0.717, 1.165) is 17.7 Å². The molecule has 30 heavy (non-hydrogen) atoms. The van der Waals surface area contributed by atoms with Gasteiger partial charge in [0.25, 0.3) is 0 Å². The summed E-state index contributed by atoms with van der Waals surface area (Å²) in [5.74, 6) is 1.01. The van der Waals surface area contributed by atoms with Gasteiger partial charge in [0, 0.05) is 34.6 Å². The van der Waals surface area contributed by atoms with E-state index in [1.165, 1.54) is 10.5 Å². The minimum atomic E-state index is -0.883. The summed E-state index contributed by atoms with van der Waals surface area (Å²) in [5, 5.41) is 9.39. The van der Waals surface area contributed by atoms with Gasteiger partial charge in [-0.05, 0) is 30.2 Å². The molecule has 0 bridgehead atoms. The van der Waals surface area contributed by atoms with Crippen LogP contribution in [0.2, 0.25) is 0 Å². The Kier molecular flexibility index (Phi) is 8.60. The Balaban J connectivity index is 1.45. The fourth-order valence-corrected chi connectivity index (χ4v) is 6.00. The fraction of sp³-hybridized carbons (Fsp3) is 0.435. The molecule has 1 fully saturated rings. The lowest BCUT2D eigenvalue weighted by molar-refractivity contribution is 0.107. The highest BCUT2D eigenvalue weighted by Gasteiger charge is 2.41. The first-order valence-corrected chi connectivity index (χ1v) is 11.9. The van der Waals surface area contributed by atoms with Crippen molar-refractivity contribution in [3.05, 3.63) is 65.7 Å². The molecule has 2 aromatic carbocycles. The van der Waals surface area contributed by atoms with E-state index in [1.807, 2.05) is 37.3 Å². The fourth-order valence-electron chi connectivity index (χ4n) is 3.69. The van der Waals surface area contributed by atoms with Gasteiger partial charge >= 0.3 is 6.09 Å². The monoisotopic (exact) mass is 539 g/mol. The van der Waals surface area contributed by atoms with Gasteiger partial charge in [-0.2, -0.15) is 0 Å². The Morgan fingerprint density at radius 1 is 1.10 bits per heavy atom. The van der Waals surface area contributed by atoms with Crippen molar-refractivity contribution < 1.29 is 19.4 Å². The summed E-state index contributed by atoms with van der Waals surface area (Å²) in [6.07, 6.45) is -0.0569. The first-order chi connectivity index (χ1) is 14.5. The van der Waals surface area contributed by atoms with Crippen LogP contribution in [-0.4, -0.2) is 51.6 Å². The third kappa shape index (κ3) is 5.99. The molecule has 0 saturated carbocycles. The number of carboxylic acid groups (broad SMARTS) is 1. The summed E-state index contributed by atoms with van der Waals surface area (Å²) in [6.45, 7) is 4.28. The first kappa shape index (κ1) is 23.1. The molecule has 1 saturated heterocycles. The quantitative estimate of drug-likeness (QED) is 0.346. The lowest BCUT2D eigenvalue weighted by atomic mass is 9.85. The van der Waals surface area contributed by atoms with Gasteiger partial charge in [-0.25, -0.2) is 4.79 Å². The van der Waals surface area contributed by atoms with Crippen LogP contribution in [0.1, 0.15) is 30.4 Å². The molecular weight excluding hydrogens is 514 g/mol. The summed E-state index contributed by atoms with van der Waals surface area (Å²) >= 11 is 7.42. The van der Waals surface area contributed by atoms with Gasteiger partial charge in [0.2, 0.25) is 0 Å². The number of ether oxygens (including phenoxy) is 2. The minimum absolute atomic E-state index is 0.0280. The summed E-state index contributed by atoms with van der Waals surface area (Å²) in [4.78, 5) is 13.0. The average molecular weight is 541 g/mol. The smallest absolute Gasteiger partial charge is 0.407 e. The molecule has 3 rings (SSSR count). The van der Waals surface area contributed by atoms with Crippen molar-refractivity contribution in [2.45, 2.75) is 41.6 Å². The number of rotatable bonds is 8. The maximum Gasteiger partial charge on any atom is 0.407 e. The normalized spacial score (nSPS) is 23.9. The number of hydrogen-bond donors (Lipinski definition) is 1. The predicted molar refractivity (Wildman–Crippen MR) is 125 cm³/mol. The van der Waals surface area contributed by atoms with Gasteiger partial charge < -0.3 is 19.5 Å². The Hall–Kier alpha value is -1.57. The molecule has 1 aliphatic rings. The van der Waals surface area contributed by atoms with Crippen molar-refractivity contribution in [2.75, 3.05) is 19.8 Å². The van der Waals surface area contributed by atoms with Crippen LogP contribution in [0.15, 0.2) is 54.6 Å². The highest BCUT2D eigenvalue weighted by Crippen LogP contribution is 2.40. The van der Waals surface area contributed by atoms with Gasteiger partial charge in [0.05, 0.1) is 19.8 Å². The Labute approximate surface area is 194 Å². The van der Waals surface area contributed by atoms with Gasteiger partial charge in [-0.1, -0.05) is 74.3 Å². The topological polar surface area (TPSA) is 59.0 Å². The van der Waals surface area contributed by atoms with Crippen molar-refractivity contribution in [1.29, 1.82) is 0 Å². The van der Waals surface area contributed by atoms with Gasteiger partial charge in [0.15, 0.2) is 0 Å². The SMILES string of the molecule is CC1[C@H](Br)[C@@H](c2ccc(OCCCOCc3ccccc3)cc2)[C@H](Br)CN1C(=O)O. The number of benzene rings is 2. The standard InChI is InChI=1S/C23H27Br2NO4/c1-16-22(25)21(20(24)14-26(16)23(27)28)18-8-10-19(11-9-18)30-13-5-12-29-15-17-6-3-2-4-7-17/h2-4,6-11,16,20-22H,5,12-15H2,1H3,(H,27,28)/t16?,20-,21+,22+/m1/s1. The van der Waals surface area contributed by atoms with E-state index < -0.39 is 6.09 Å². The van der Waals surface area contributed by atoms with Crippen molar-refractivity contribution in [2.24, 2.45) is 0 Å². The third-order valence-electron chi connectivity index (χ3n) is 5.38.